The third-order valence-corrected chi connectivity index (χ3v) is 5.93. The summed E-state index contributed by atoms with van der Waals surface area (Å²) >= 11 is 0. The fourth-order valence-electron chi connectivity index (χ4n) is 3.89. The van der Waals surface area contributed by atoms with E-state index in [0.717, 1.165) is 29.9 Å². The summed E-state index contributed by atoms with van der Waals surface area (Å²) in [6.07, 6.45) is 3.00. The largest absolute Gasteiger partial charge is 0.486 e. The van der Waals surface area contributed by atoms with Crippen LogP contribution in [0, 0.1) is 0 Å². The van der Waals surface area contributed by atoms with Gasteiger partial charge in [0.05, 0.1) is 11.8 Å². The lowest BCUT2D eigenvalue weighted by molar-refractivity contribution is 0.0735. The third-order valence-electron chi connectivity index (χ3n) is 5.07. The van der Waals surface area contributed by atoms with E-state index in [1.807, 2.05) is 23.1 Å². The second-order valence-corrected chi connectivity index (χ2v) is 9.47. The molecule has 1 fully saturated rings. The second kappa shape index (κ2) is 7.47. The minimum atomic E-state index is -3.15. The minimum Gasteiger partial charge on any atom is -0.486 e. The normalized spacial score (nSPS) is 18.9. The maximum atomic E-state index is 13.2. The standard InChI is InChI=1S/C21H23NO5S/c1-28(24,25)14-15-4-2-5-17(12-15)21(23)22-9-3-6-18(22)16-7-8-19-20(13-16)27-11-10-26-19/h2,4-5,7-8,12-13,18H,3,6,9-11,14H2,1H3. The Bertz CT molecular complexity index is 1000. The molecule has 2 aliphatic rings. The fraction of sp³-hybridized carbons (Fsp3) is 0.381. The van der Waals surface area contributed by atoms with Gasteiger partial charge in [-0.2, -0.15) is 0 Å². The van der Waals surface area contributed by atoms with Gasteiger partial charge in [0.15, 0.2) is 21.3 Å². The molecule has 6 nitrogen and oxygen atoms in total. The predicted octanol–water partition coefficient (Wildman–Crippen LogP) is 2.98. The first kappa shape index (κ1) is 18.8. The highest BCUT2D eigenvalue weighted by Crippen LogP contribution is 2.38. The fourth-order valence-corrected chi connectivity index (χ4v) is 4.67. The van der Waals surface area contributed by atoms with Gasteiger partial charge in [0, 0.05) is 18.4 Å². The Balaban J connectivity index is 1.58. The predicted molar refractivity (Wildman–Crippen MR) is 105 cm³/mol. The topological polar surface area (TPSA) is 72.9 Å². The van der Waals surface area contributed by atoms with Crippen LogP contribution in [0.25, 0.3) is 0 Å². The molecule has 0 aliphatic carbocycles. The Morgan fingerprint density at radius 2 is 1.89 bits per heavy atom. The third kappa shape index (κ3) is 3.99. The van der Waals surface area contributed by atoms with E-state index >= 15 is 0 Å². The van der Waals surface area contributed by atoms with Crippen molar-refractivity contribution in [3.63, 3.8) is 0 Å². The highest BCUT2D eigenvalue weighted by atomic mass is 32.2. The average Bonchev–Trinajstić information content (AvgIpc) is 3.15. The number of likely N-dealkylation sites (tertiary alicyclic amines) is 1. The molecular weight excluding hydrogens is 378 g/mol. The van der Waals surface area contributed by atoms with Crippen molar-refractivity contribution in [1.82, 2.24) is 4.90 Å². The van der Waals surface area contributed by atoms with Crippen LogP contribution >= 0.6 is 0 Å². The lowest BCUT2D eigenvalue weighted by Gasteiger charge is -2.27. The number of nitrogens with zero attached hydrogens (tertiary/aromatic N) is 1. The summed E-state index contributed by atoms with van der Waals surface area (Å²) in [5.41, 5.74) is 2.18. The molecule has 4 rings (SSSR count). The molecule has 2 heterocycles. The van der Waals surface area contributed by atoms with Crippen molar-refractivity contribution in [3.8, 4) is 11.5 Å². The van der Waals surface area contributed by atoms with Gasteiger partial charge < -0.3 is 14.4 Å². The summed E-state index contributed by atoms with van der Waals surface area (Å²) in [7, 11) is -3.15. The molecule has 7 heteroatoms. The smallest absolute Gasteiger partial charge is 0.254 e. The Kier molecular flexibility index (Phi) is 5.02. The quantitative estimate of drug-likeness (QED) is 0.788. The Morgan fingerprint density at radius 3 is 2.68 bits per heavy atom. The Morgan fingerprint density at radius 1 is 1.11 bits per heavy atom. The van der Waals surface area contributed by atoms with Crippen LogP contribution in [-0.2, 0) is 15.6 Å². The number of hydrogen-bond donors (Lipinski definition) is 0. The van der Waals surface area contributed by atoms with Crippen molar-refractivity contribution in [2.75, 3.05) is 26.0 Å². The molecule has 0 spiro atoms. The van der Waals surface area contributed by atoms with E-state index in [1.54, 1.807) is 24.3 Å². The van der Waals surface area contributed by atoms with Crippen LogP contribution in [0.3, 0.4) is 0 Å². The molecule has 2 aromatic carbocycles. The van der Waals surface area contributed by atoms with Crippen molar-refractivity contribution >= 4 is 15.7 Å². The molecule has 0 N–H and O–H groups in total. The number of fused-ring (bicyclic) bond motifs is 1. The van der Waals surface area contributed by atoms with E-state index in [0.29, 0.717) is 30.9 Å². The highest BCUT2D eigenvalue weighted by Gasteiger charge is 2.31. The molecule has 0 aromatic heterocycles. The molecule has 0 bridgehead atoms. The Labute approximate surface area is 165 Å². The maximum Gasteiger partial charge on any atom is 0.254 e. The zero-order valence-electron chi connectivity index (χ0n) is 15.8. The average molecular weight is 401 g/mol. The number of amides is 1. The van der Waals surface area contributed by atoms with E-state index in [4.69, 9.17) is 9.47 Å². The lowest BCUT2D eigenvalue weighted by Crippen LogP contribution is -2.30. The van der Waals surface area contributed by atoms with Crippen molar-refractivity contribution < 1.29 is 22.7 Å². The summed E-state index contributed by atoms with van der Waals surface area (Å²) < 4.78 is 34.4. The van der Waals surface area contributed by atoms with Gasteiger partial charge in [-0.25, -0.2) is 8.42 Å². The van der Waals surface area contributed by atoms with Gasteiger partial charge in [-0.15, -0.1) is 0 Å². The molecule has 1 atom stereocenters. The molecule has 0 radical (unpaired) electrons. The molecule has 1 unspecified atom stereocenters. The summed E-state index contributed by atoms with van der Waals surface area (Å²) in [5, 5.41) is 0. The maximum absolute atomic E-state index is 13.2. The van der Waals surface area contributed by atoms with Crippen LogP contribution < -0.4 is 9.47 Å². The van der Waals surface area contributed by atoms with E-state index in [-0.39, 0.29) is 17.7 Å². The number of rotatable bonds is 4. The monoisotopic (exact) mass is 401 g/mol. The minimum absolute atomic E-state index is 0.0260. The lowest BCUT2D eigenvalue weighted by atomic mass is 10.0. The molecule has 2 aromatic rings. The zero-order chi connectivity index (χ0) is 19.7. The second-order valence-electron chi connectivity index (χ2n) is 7.33. The number of ether oxygens (including phenoxy) is 2. The van der Waals surface area contributed by atoms with Gasteiger partial charge in [0.25, 0.3) is 5.91 Å². The SMILES string of the molecule is CS(=O)(=O)Cc1cccc(C(=O)N2CCCC2c2ccc3c(c2)OCCO3)c1. The van der Waals surface area contributed by atoms with E-state index in [2.05, 4.69) is 0 Å². The zero-order valence-corrected chi connectivity index (χ0v) is 16.6. The summed E-state index contributed by atoms with van der Waals surface area (Å²) in [4.78, 5) is 15.0. The molecule has 0 saturated carbocycles. The summed E-state index contributed by atoms with van der Waals surface area (Å²) in [6.45, 7) is 1.75. The van der Waals surface area contributed by atoms with E-state index in [1.165, 1.54) is 6.26 Å². The van der Waals surface area contributed by atoms with Crippen molar-refractivity contribution in [2.24, 2.45) is 0 Å². The van der Waals surface area contributed by atoms with Gasteiger partial charge in [0.1, 0.15) is 13.2 Å². The van der Waals surface area contributed by atoms with Crippen molar-refractivity contribution in [1.29, 1.82) is 0 Å². The number of benzene rings is 2. The molecule has 1 saturated heterocycles. The van der Waals surface area contributed by atoms with E-state index < -0.39 is 9.84 Å². The van der Waals surface area contributed by atoms with Gasteiger partial charge in [-0.05, 0) is 48.2 Å². The van der Waals surface area contributed by atoms with E-state index in [9.17, 15) is 13.2 Å². The van der Waals surface area contributed by atoms with Gasteiger partial charge in [0.2, 0.25) is 0 Å². The molecule has 148 valence electrons. The number of carbonyl (C=O) groups excluding carboxylic acids is 1. The van der Waals surface area contributed by atoms with Crippen molar-refractivity contribution in [2.45, 2.75) is 24.6 Å². The first-order chi connectivity index (χ1) is 13.4. The highest BCUT2D eigenvalue weighted by molar-refractivity contribution is 7.89. The Hall–Kier alpha value is -2.54. The summed E-state index contributed by atoms with van der Waals surface area (Å²) in [6, 6.07) is 12.7. The van der Waals surface area contributed by atoms with Crippen LogP contribution in [0.15, 0.2) is 42.5 Å². The van der Waals surface area contributed by atoms with Gasteiger partial charge in [-0.1, -0.05) is 18.2 Å². The van der Waals surface area contributed by atoms with Gasteiger partial charge in [-0.3, -0.25) is 4.79 Å². The molecule has 1 amide bonds. The van der Waals surface area contributed by atoms with Crippen LogP contribution in [0.2, 0.25) is 0 Å². The number of carbonyl (C=O) groups is 1. The summed E-state index contributed by atoms with van der Waals surface area (Å²) in [5.74, 6) is 1.31. The number of sulfone groups is 1. The number of hydrogen-bond acceptors (Lipinski definition) is 5. The first-order valence-electron chi connectivity index (χ1n) is 9.38. The molecule has 2 aliphatic heterocycles. The van der Waals surface area contributed by atoms with Crippen LogP contribution in [0.4, 0.5) is 0 Å². The molecular formula is C21H23NO5S. The van der Waals surface area contributed by atoms with Crippen molar-refractivity contribution in [3.05, 3.63) is 59.2 Å². The van der Waals surface area contributed by atoms with Crippen LogP contribution in [-0.4, -0.2) is 45.2 Å². The van der Waals surface area contributed by atoms with Gasteiger partial charge >= 0.3 is 0 Å². The van der Waals surface area contributed by atoms with Crippen LogP contribution in [0.1, 0.15) is 40.4 Å². The van der Waals surface area contributed by atoms with Crippen LogP contribution in [0.5, 0.6) is 11.5 Å². The molecule has 28 heavy (non-hydrogen) atoms. The first-order valence-corrected chi connectivity index (χ1v) is 11.4.